The highest BCUT2D eigenvalue weighted by molar-refractivity contribution is 5.82. The maximum absolute atomic E-state index is 12.2. The maximum Gasteiger partial charge on any atom is 0.237 e. The lowest BCUT2D eigenvalue weighted by molar-refractivity contribution is -0.123. The Morgan fingerprint density at radius 3 is 2.67 bits per heavy atom. The third-order valence-electron chi connectivity index (χ3n) is 4.23. The van der Waals surface area contributed by atoms with Crippen molar-refractivity contribution in [2.75, 3.05) is 6.54 Å². The molecule has 0 fully saturated rings. The van der Waals surface area contributed by atoms with E-state index in [0.717, 1.165) is 25.9 Å². The fourth-order valence-corrected chi connectivity index (χ4v) is 2.88. The molecule has 1 aliphatic rings. The Hall–Kier alpha value is -1.35. The summed E-state index contributed by atoms with van der Waals surface area (Å²) in [4.78, 5) is 12.2. The topological polar surface area (TPSA) is 41.1 Å². The molecule has 0 saturated carbocycles. The first kappa shape index (κ1) is 16.0. The van der Waals surface area contributed by atoms with Gasteiger partial charge in [-0.3, -0.25) is 4.79 Å². The van der Waals surface area contributed by atoms with Gasteiger partial charge in [0.15, 0.2) is 0 Å². The molecule has 0 bridgehead atoms. The first-order chi connectivity index (χ1) is 10.3. The second-order valence-corrected chi connectivity index (χ2v) is 5.97. The third kappa shape index (κ3) is 5.16. The molecule has 2 N–H and O–H groups in total. The van der Waals surface area contributed by atoms with E-state index in [0.29, 0.717) is 0 Å². The molecule has 1 heterocycles. The molecule has 3 nitrogen and oxygen atoms in total. The predicted octanol–water partition coefficient (Wildman–Crippen LogP) is 3.18. The average Bonchev–Trinajstić information content (AvgIpc) is 2.53. The lowest BCUT2D eigenvalue weighted by Crippen LogP contribution is -2.47. The molecule has 2 rings (SSSR count). The van der Waals surface area contributed by atoms with Crippen LogP contribution in [0.15, 0.2) is 24.3 Å². The normalized spacial score (nSPS) is 17.3. The van der Waals surface area contributed by atoms with E-state index in [1.807, 2.05) is 0 Å². The summed E-state index contributed by atoms with van der Waals surface area (Å²) in [6.45, 7) is 3.84. The number of fused-ring (bicyclic) bond motifs is 1. The van der Waals surface area contributed by atoms with E-state index in [1.165, 1.54) is 43.2 Å². The number of amides is 1. The molecule has 0 spiro atoms. The molecule has 1 atom stereocenters. The first-order valence-electron chi connectivity index (χ1n) is 8.39. The van der Waals surface area contributed by atoms with Crippen molar-refractivity contribution in [1.29, 1.82) is 0 Å². The van der Waals surface area contributed by atoms with Gasteiger partial charge in [0.2, 0.25) is 5.91 Å². The molecule has 1 aliphatic heterocycles. The second kappa shape index (κ2) is 8.83. The van der Waals surface area contributed by atoms with Gasteiger partial charge in [-0.25, -0.2) is 0 Å². The largest absolute Gasteiger partial charge is 0.355 e. The van der Waals surface area contributed by atoms with Crippen LogP contribution in [0.25, 0.3) is 0 Å². The quantitative estimate of drug-likeness (QED) is 0.721. The van der Waals surface area contributed by atoms with Crippen LogP contribution < -0.4 is 10.6 Å². The van der Waals surface area contributed by atoms with Crippen molar-refractivity contribution in [3.05, 3.63) is 35.4 Å². The number of rotatable bonds is 8. The van der Waals surface area contributed by atoms with Gasteiger partial charge >= 0.3 is 0 Å². The number of benzene rings is 1. The molecule has 0 aliphatic carbocycles. The first-order valence-corrected chi connectivity index (χ1v) is 8.39. The highest BCUT2D eigenvalue weighted by atomic mass is 16.2. The van der Waals surface area contributed by atoms with E-state index in [2.05, 4.69) is 41.8 Å². The SMILES string of the molecule is CCCCCCCCNC(=O)[C@H]1Cc2ccccc2CN1. The minimum atomic E-state index is -0.0695. The van der Waals surface area contributed by atoms with Gasteiger partial charge < -0.3 is 10.6 Å². The summed E-state index contributed by atoms with van der Waals surface area (Å²) in [6, 6.07) is 8.30. The van der Waals surface area contributed by atoms with Crippen LogP contribution in [0.5, 0.6) is 0 Å². The van der Waals surface area contributed by atoms with Crippen LogP contribution in [0.1, 0.15) is 56.6 Å². The summed E-state index contributed by atoms with van der Waals surface area (Å²) in [7, 11) is 0. The summed E-state index contributed by atoms with van der Waals surface area (Å²) in [5.74, 6) is 0.151. The van der Waals surface area contributed by atoms with Gasteiger partial charge in [0, 0.05) is 13.1 Å². The Morgan fingerprint density at radius 2 is 1.86 bits per heavy atom. The van der Waals surface area contributed by atoms with Crippen molar-refractivity contribution in [3.63, 3.8) is 0 Å². The Balaban J connectivity index is 1.64. The minimum Gasteiger partial charge on any atom is -0.355 e. The van der Waals surface area contributed by atoms with Crippen LogP contribution in [0.4, 0.5) is 0 Å². The summed E-state index contributed by atoms with van der Waals surface area (Å²) >= 11 is 0. The van der Waals surface area contributed by atoms with Gasteiger partial charge in [0.05, 0.1) is 6.04 Å². The van der Waals surface area contributed by atoms with Gasteiger partial charge in [-0.1, -0.05) is 63.3 Å². The fraction of sp³-hybridized carbons (Fsp3) is 0.611. The van der Waals surface area contributed by atoms with Crippen molar-refractivity contribution in [1.82, 2.24) is 10.6 Å². The van der Waals surface area contributed by atoms with Crippen LogP contribution in [-0.4, -0.2) is 18.5 Å². The number of nitrogens with one attached hydrogen (secondary N) is 2. The Labute approximate surface area is 128 Å². The monoisotopic (exact) mass is 288 g/mol. The van der Waals surface area contributed by atoms with Gasteiger partial charge in [-0.15, -0.1) is 0 Å². The average molecular weight is 288 g/mol. The van der Waals surface area contributed by atoms with Crippen LogP contribution >= 0.6 is 0 Å². The Bertz CT molecular complexity index is 445. The predicted molar refractivity (Wildman–Crippen MR) is 87.2 cm³/mol. The van der Waals surface area contributed by atoms with Crippen LogP contribution in [0.2, 0.25) is 0 Å². The van der Waals surface area contributed by atoms with Crippen LogP contribution in [-0.2, 0) is 17.8 Å². The third-order valence-corrected chi connectivity index (χ3v) is 4.23. The summed E-state index contributed by atoms with van der Waals surface area (Å²) < 4.78 is 0. The second-order valence-electron chi connectivity index (χ2n) is 5.97. The lowest BCUT2D eigenvalue weighted by atomic mass is 9.95. The van der Waals surface area contributed by atoms with Crippen molar-refractivity contribution < 1.29 is 4.79 Å². The van der Waals surface area contributed by atoms with Gasteiger partial charge in [-0.05, 0) is 24.0 Å². The fourth-order valence-electron chi connectivity index (χ4n) is 2.88. The number of carbonyl (C=O) groups is 1. The molecule has 0 aromatic heterocycles. The van der Waals surface area contributed by atoms with Crippen LogP contribution in [0, 0.1) is 0 Å². The van der Waals surface area contributed by atoms with Gasteiger partial charge in [0.25, 0.3) is 0 Å². The number of hydrogen-bond donors (Lipinski definition) is 2. The molecule has 1 amide bonds. The summed E-state index contributed by atoms with van der Waals surface area (Å²) in [6.07, 6.45) is 8.35. The molecule has 1 aromatic carbocycles. The van der Waals surface area contributed by atoms with Gasteiger partial charge in [0.1, 0.15) is 0 Å². The maximum atomic E-state index is 12.2. The molecular formula is C18H28N2O. The highest BCUT2D eigenvalue weighted by Crippen LogP contribution is 2.16. The van der Waals surface area contributed by atoms with Crippen molar-refractivity contribution in [2.24, 2.45) is 0 Å². The van der Waals surface area contributed by atoms with Gasteiger partial charge in [-0.2, -0.15) is 0 Å². The van der Waals surface area contributed by atoms with E-state index in [1.54, 1.807) is 0 Å². The number of hydrogen-bond acceptors (Lipinski definition) is 2. The van der Waals surface area contributed by atoms with Crippen molar-refractivity contribution in [2.45, 2.75) is 64.5 Å². The zero-order valence-corrected chi connectivity index (χ0v) is 13.2. The smallest absolute Gasteiger partial charge is 0.237 e. The van der Waals surface area contributed by atoms with E-state index >= 15 is 0 Å². The molecule has 116 valence electrons. The summed E-state index contributed by atoms with van der Waals surface area (Å²) in [5.41, 5.74) is 2.62. The van der Waals surface area contributed by atoms with E-state index in [4.69, 9.17) is 0 Å². The molecule has 3 heteroatoms. The zero-order valence-electron chi connectivity index (χ0n) is 13.2. The van der Waals surface area contributed by atoms with E-state index in [9.17, 15) is 4.79 Å². The lowest BCUT2D eigenvalue weighted by Gasteiger charge is -2.25. The van der Waals surface area contributed by atoms with E-state index in [-0.39, 0.29) is 11.9 Å². The zero-order chi connectivity index (χ0) is 14.9. The molecule has 1 aromatic rings. The van der Waals surface area contributed by atoms with Crippen molar-refractivity contribution in [3.8, 4) is 0 Å². The molecule has 0 unspecified atom stereocenters. The Morgan fingerprint density at radius 1 is 1.14 bits per heavy atom. The Kier molecular flexibility index (Phi) is 6.74. The molecule has 0 saturated heterocycles. The highest BCUT2D eigenvalue weighted by Gasteiger charge is 2.23. The van der Waals surface area contributed by atoms with Crippen LogP contribution in [0.3, 0.4) is 0 Å². The number of unbranched alkanes of at least 4 members (excludes halogenated alkanes) is 5. The van der Waals surface area contributed by atoms with E-state index < -0.39 is 0 Å². The molecule has 0 radical (unpaired) electrons. The standard InChI is InChI=1S/C18H28N2O/c1-2-3-4-5-6-9-12-19-18(21)17-13-15-10-7-8-11-16(15)14-20-17/h7-8,10-11,17,20H,2-6,9,12-14H2,1H3,(H,19,21)/t17-/m1/s1. The molecular weight excluding hydrogens is 260 g/mol. The minimum absolute atomic E-state index is 0.0695. The number of carbonyl (C=O) groups excluding carboxylic acids is 1. The summed E-state index contributed by atoms with van der Waals surface area (Å²) in [5, 5.41) is 6.40. The molecule has 21 heavy (non-hydrogen) atoms. The van der Waals surface area contributed by atoms with Crippen molar-refractivity contribution >= 4 is 5.91 Å².